The largest absolute Gasteiger partial charge is 0.481 e. The van der Waals surface area contributed by atoms with Gasteiger partial charge in [0.05, 0.1) is 18.6 Å². The van der Waals surface area contributed by atoms with Gasteiger partial charge in [-0.25, -0.2) is 4.68 Å². The molecule has 1 aliphatic heterocycles. The Labute approximate surface area is 124 Å². The predicted molar refractivity (Wildman–Crippen MR) is 75.9 cm³/mol. The van der Waals surface area contributed by atoms with E-state index in [1.807, 2.05) is 6.92 Å². The second-order valence-electron chi connectivity index (χ2n) is 5.61. The van der Waals surface area contributed by atoms with Crippen molar-refractivity contribution in [3.63, 3.8) is 0 Å². The fourth-order valence-corrected chi connectivity index (χ4v) is 2.83. The van der Waals surface area contributed by atoms with Gasteiger partial charge in [0.2, 0.25) is 0 Å². The molecular formula is C14H24N4O3. The molecule has 1 saturated heterocycles. The van der Waals surface area contributed by atoms with E-state index in [-0.39, 0.29) is 18.6 Å². The number of aromatic nitrogens is 4. The maximum atomic E-state index is 11.0. The molecule has 0 amide bonds. The zero-order chi connectivity index (χ0) is 15.1. The van der Waals surface area contributed by atoms with Crippen molar-refractivity contribution in [1.29, 1.82) is 0 Å². The molecule has 1 aliphatic rings. The van der Waals surface area contributed by atoms with Gasteiger partial charge in [0.25, 0.3) is 0 Å². The molecule has 21 heavy (non-hydrogen) atoms. The standard InChI is InChI=1S/C14H24N4O3/c1-2-5-11(10-14(19)20)18-13(15-16-17-18)8-7-12-6-3-4-9-21-12/h11-12H,2-10H2,1H3,(H,19,20). The van der Waals surface area contributed by atoms with Gasteiger partial charge in [0.15, 0.2) is 5.82 Å². The van der Waals surface area contributed by atoms with Crippen LogP contribution in [0.4, 0.5) is 0 Å². The van der Waals surface area contributed by atoms with Crippen LogP contribution < -0.4 is 0 Å². The summed E-state index contributed by atoms with van der Waals surface area (Å²) in [6.45, 7) is 2.88. The Kier molecular flexibility index (Phi) is 6.10. The number of aryl methyl sites for hydroxylation is 1. The molecule has 2 rings (SSSR count). The highest BCUT2D eigenvalue weighted by Gasteiger charge is 2.21. The van der Waals surface area contributed by atoms with Gasteiger partial charge in [-0.05, 0) is 42.5 Å². The molecule has 1 N–H and O–H groups in total. The molecule has 0 aromatic carbocycles. The number of nitrogens with zero attached hydrogens (tertiary/aromatic N) is 4. The fourth-order valence-electron chi connectivity index (χ4n) is 2.83. The maximum Gasteiger partial charge on any atom is 0.305 e. The lowest BCUT2D eigenvalue weighted by molar-refractivity contribution is -0.138. The van der Waals surface area contributed by atoms with Crippen molar-refractivity contribution in [1.82, 2.24) is 20.2 Å². The molecule has 118 valence electrons. The van der Waals surface area contributed by atoms with Crippen molar-refractivity contribution < 1.29 is 14.6 Å². The lowest BCUT2D eigenvalue weighted by Crippen LogP contribution is -2.22. The normalized spacial score (nSPS) is 20.3. The molecule has 7 heteroatoms. The summed E-state index contributed by atoms with van der Waals surface area (Å²) in [6.07, 6.45) is 7.10. The molecule has 1 aromatic rings. The van der Waals surface area contributed by atoms with Crippen LogP contribution in [-0.2, 0) is 16.0 Å². The van der Waals surface area contributed by atoms with Crippen LogP contribution in [0.25, 0.3) is 0 Å². The van der Waals surface area contributed by atoms with Crippen LogP contribution in [0, 0.1) is 0 Å². The number of aliphatic carboxylic acids is 1. The lowest BCUT2D eigenvalue weighted by atomic mass is 10.0. The van der Waals surface area contributed by atoms with Gasteiger partial charge in [-0.15, -0.1) is 5.10 Å². The molecule has 0 radical (unpaired) electrons. The Morgan fingerprint density at radius 2 is 2.38 bits per heavy atom. The van der Waals surface area contributed by atoms with Crippen molar-refractivity contribution in [2.24, 2.45) is 0 Å². The van der Waals surface area contributed by atoms with Gasteiger partial charge >= 0.3 is 5.97 Å². The summed E-state index contributed by atoms with van der Waals surface area (Å²) in [7, 11) is 0. The summed E-state index contributed by atoms with van der Waals surface area (Å²) in [6, 6.07) is -0.162. The third-order valence-corrected chi connectivity index (χ3v) is 3.90. The van der Waals surface area contributed by atoms with Gasteiger partial charge in [-0.3, -0.25) is 4.79 Å². The molecule has 2 unspecified atom stereocenters. The molecule has 2 heterocycles. The first kappa shape index (κ1) is 15.9. The number of rotatable bonds is 8. The summed E-state index contributed by atoms with van der Waals surface area (Å²) in [5.41, 5.74) is 0. The van der Waals surface area contributed by atoms with E-state index in [2.05, 4.69) is 15.5 Å². The first-order chi connectivity index (χ1) is 10.2. The topological polar surface area (TPSA) is 90.1 Å². The minimum absolute atomic E-state index is 0.0613. The van der Waals surface area contributed by atoms with Crippen LogP contribution in [0.1, 0.15) is 63.7 Å². The first-order valence-corrected chi connectivity index (χ1v) is 7.80. The number of carbonyl (C=O) groups is 1. The summed E-state index contributed by atoms with van der Waals surface area (Å²) in [5, 5.41) is 20.8. The summed E-state index contributed by atoms with van der Waals surface area (Å²) in [4.78, 5) is 11.0. The van der Waals surface area contributed by atoms with Crippen LogP contribution in [0.3, 0.4) is 0 Å². The van der Waals surface area contributed by atoms with Gasteiger partial charge in [-0.1, -0.05) is 13.3 Å². The average Bonchev–Trinajstić information content (AvgIpc) is 2.94. The molecule has 0 saturated carbocycles. The van der Waals surface area contributed by atoms with Crippen LogP contribution in [0.2, 0.25) is 0 Å². The molecule has 0 spiro atoms. The molecular weight excluding hydrogens is 272 g/mol. The third-order valence-electron chi connectivity index (χ3n) is 3.90. The highest BCUT2D eigenvalue weighted by molar-refractivity contribution is 5.67. The Morgan fingerprint density at radius 1 is 1.52 bits per heavy atom. The maximum absolute atomic E-state index is 11.0. The third kappa shape index (κ3) is 4.77. The van der Waals surface area contributed by atoms with Gasteiger partial charge in [0, 0.05) is 13.0 Å². The van der Waals surface area contributed by atoms with E-state index in [4.69, 9.17) is 9.84 Å². The smallest absolute Gasteiger partial charge is 0.305 e. The van der Waals surface area contributed by atoms with E-state index in [0.29, 0.717) is 0 Å². The minimum atomic E-state index is -0.814. The number of hydrogen-bond acceptors (Lipinski definition) is 5. The Hall–Kier alpha value is -1.50. The van der Waals surface area contributed by atoms with Crippen molar-refractivity contribution >= 4 is 5.97 Å². The lowest BCUT2D eigenvalue weighted by Gasteiger charge is -2.22. The van der Waals surface area contributed by atoms with E-state index in [0.717, 1.165) is 51.0 Å². The molecule has 1 aromatic heterocycles. The second kappa shape index (κ2) is 8.07. The zero-order valence-corrected chi connectivity index (χ0v) is 12.6. The highest BCUT2D eigenvalue weighted by atomic mass is 16.5. The van der Waals surface area contributed by atoms with Crippen LogP contribution in [0.5, 0.6) is 0 Å². The SMILES string of the molecule is CCCC(CC(=O)O)n1nnnc1CCC1CCCCO1. The Morgan fingerprint density at radius 3 is 3.05 bits per heavy atom. The fraction of sp³-hybridized carbons (Fsp3) is 0.857. The molecule has 7 nitrogen and oxygen atoms in total. The van der Waals surface area contributed by atoms with E-state index >= 15 is 0 Å². The molecule has 2 atom stereocenters. The average molecular weight is 296 g/mol. The van der Waals surface area contributed by atoms with E-state index < -0.39 is 5.97 Å². The van der Waals surface area contributed by atoms with Gasteiger partial charge < -0.3 is 9.84 Å². The van der Waals surface area contributed by atoms with Gasteiger partial charge in [0.1, 0.15) is 0 Å². The Bertz CT molecular complexity index is 443. The molecule has 0 bridgehead atoms. The predicted octanol–water partition coefficient (Wildman–Crippen LogP) is 1.99. The number of carboxylic acids is 1. The monoisotopic (exact) mass is 296 g/mol. The van der Waals surface area contributed by atoms with Crippen LogP contribution >= 0.6 is 0 Å². The summed E-state index contributed by atoms with van der Waals surface area (Å²) in [5.74, 6) is -0.0469. The Balaban J connectivity index is 1.96. The quantitative estimate of drug-likeness (QED) is 0.789. The first-order valence-electron chi connectivity index (χ1n) is 7.80. The number of ether oxygens (including phenoxy) is 1. The zero-order valence-electron chi connectivity index (χ0n) is 12.6. The highest BCUT2D eigenvalue weighted by Crippen LogP contribution is 2.21. The summed E-state index contributed by atoms with van der Waals surface area (Å²) < 4.78 is 7.41. The number of hydrogen-bond donors (Lipinski definition) is 1. The van der Waals surface area contributed by atoms with Crippen molar-refractivity contribution in [3.8, 4) is 0 Å². The van der Waals surface area contributed by atoms with E-state index in [1.54, 1.807) is 4.68 Å². The van der Waals surface area contributed by atoms with E-state index in [9.17, 15) is 4.79 Å². The van der Waals surface area contributed by atoms with Crippen LogP contribution in [-0.4, -0.2) is 44.0 Å². The molecule has 1 fully saturated rings. The van der Waals surface area contributed by atoms with Crippen molar-refractivity contribution in [3.05, 3.63) is 5.82 Å². The number of tetrazole rings is 1. The van der Waals surface area contributed by atoms with Crippen molar-refractivity contribution in [2.75, 3.05) is 6.61 Å². The number of carboxylic acid groups (broad SMARTS) is 1. The van der Waals surface area contributed by atoms with Crippen molar-refractivity contribution in [2.45, 2.75) is 70.4 Å². The second-order valence-corrected chi connectivity index (χ2v) is 5.61. The minimum Gasteiger partial charge on any atom is -0.481 e. The van der Waals surface area contributed by atoms with Gasteiger partial charge in [-0.2, -0.15) is 0 Å². The van der Waals surface area contributed by atoms with E-state index in [1.165, 1.54) is 6.42 Å². The molecule has 0 aliphatic carbocycles. The summed E-state index contributed by atoms with van der Waals surface area (Å²) >= 11 is 0. The van der Waals surface area contributed by atoms with Crippen LogP contribution in [0.15, 0.2) is 0 Å².